The van der Waals surface area contributed by atoms with Crippen molar-refractivity contribution in [3.8, 4) is 11.3 Å². The lowest BCUT2D eigenvalue weighted by Gasteiger charge is -2.20. The number of aromatic nitrogens is 6. The summed E-state index contributed by atoms with van der Waals surface area (Å²) in [6.45, 7) is 0. The number of rotatable bonds is 4. The van der Waals surface area contributed by atoms with E-state index in [0.717, 1.165) is 10.9 Å². The zero-order valence-corrected chi connectivity index (χ0v) is 19.1. The molecule has 5 aromatic rings. The average molecular weight is 496 g/mol. The minimum atomic E-state index is -4.25. The number of fused-ring (bicyclic) bond motifs is 3. The smallest absolute Gasteiger partial charge is 0.312 e. The monoisotopic (exact) mass is 495 g/mol. The highest BCUT2D eigenvalue weighted by atomic mass is 35.5. The van der Waals surface area contributed by atoms with E-state index in [0.29, 0.717) is 33.7 Å². The molecule has 3 aromatic heterocycles. The molecule has 0 radical (unpaired) electrons. The van der Waals surface area contributed by atoms with Crippen LogP contribution < -0.4 is 4.90 Å². The average Bonchev–Trinajstić information content (AvgIpc) is 3.55. The van der Waals surface area contributed by atoms with E-state index >= 15 is 0 Å². The van der Waals surface area contributed by atoms with Crippen LogP contribution in [-0.4, -0.2) is 42.8 Å². The summed E-state index contributed by atoms with van der Waals surface area (Å²) in [7, 11) is 1.81. The molecule has 1 aliphatic carbocycles. The van der Waals surface area contributed by atoms with Gasteiger partial charge < -0.3 is 4.90 Å². The lowest BCUT2D eigenvalue weighted by molar-refractivity contribution is -0.160. The van der Waals surface area contributed by atoms with Crippen LogP contribution in [0.5, 0.6) is 0 Å². The first-order chi connectivity index (χ1) is 16.8. The molecule has 7 nitrogen and oxygen atoms in total. The van der Waals surface area contributed by atoms with E-state index in [1.54, 1.807) is 53.3 Å². The van der Waals surface area contributed by atoms with Crippen molar-refractivity contribution in [1.82, 2.24) is 29.5 Å². The zero-order chi connectivity index (χ0) is 24.4. The maximum atomic E-state index is 13.5. The largest absolute Gasteiger partial charge is 0.398 e. The maximum absolute atomic E-state index is 13.5. The fourth-order valence-electron chi connectivity index (χ4n) is 4.36. The molecule has 0 aliphatic heterocycles. The van der Waals surface area contributed by atoms with Gasteiger partial charge in [-0.1, -0.05) is 35.9 Å². The molecular weight excluding hydrogens is 479 g/mol. The predicted molar refractivity (Wildman–Crippen MR) is 126 cm³/mol. The third-order valence-corrected chi connectivity index (χ3v) is 6.74. The van der Waals surface area contributed by atoms with E-state index in [1.807, 2.05) is 12.1 Å². The Balaban J connectivity index is 1.38. The van der Waals surface area contributed by atoms with E-state index < -0.39 is 11.6 Å². The number of hydrogen-bond donors (Lipinski definition) is 0. The molecule has 0 unspecified atom stereocenters. The van der Waals surface area contributed by atoms with E-state index in [1.165, 1.54) is 12.1 Å². The van der Waals surface area contributed by atoms with Gasteiger partial charge in [0.25, 0.3) is 5.78 Å². The molecule has 2 aromatic carbocycles. The van der Waals surface area contributed by atoms with Gasteiger partial charge in [-0.3, -0.25) is 9.38 Å². The van der Waals surface area contributed by atoms with Crippen molar-refractivity contribution in [2.75, 3.05) is 11.9 Å². The molecule has 176 valence electrons. The standard InChI is InChI=1S/C24H17ClF3N7/c1-34(21-17-7-6-16(25)10-19(17)35-13-30-33-22(35)32-21)20-12-29-11-18(31-20)14-2-4-15(5-3-14)23(8-9-23)24(26,27)28/h2-7,10-13H,8-9H2,1H3. The molecule has 0 atom stereocenters. The Bertz CT molecular complexity index is 1580. The molecule has 35 heavy (non-hydrogen) atoms. The summed E-state index contributed by atoms with van der Waals surface area (Å²) in [6, 6.07) is 11.8. The lowest BCUT2D eigenvalue weighted by atomic mass is 9.94. The summed E-state index contributed by atoms with van der Waals surface area (Å²) in [5.74, 6) is 1.49. The number of alkyl halides is 3. The first kappa shape index (κ1) is 21.7. The third-order valence-electron chi connectivity index (χ3n) is 6.50. The van der Waals surface area contributed by atoms with E-state index in [2.05, 4.69) is 20.2 Å². The van der Waals surface area contributed by atoms with Crippen LogP contribution in [0.15, 0.2) is 61.2 Å². The lowest BCUT2D eigenvalue weighted by Crippen LogP contribution is -2.28. The molecule has 1 aliphatic rings. The Hall–Kier alpha value is -3.79. The summed E-state index contributed by atoms with van der Waals surface area (Å²) in [5.41, 5.74) is 0.564. The van der Waals surface area contributed by atoms with Crippen molar-refractivity contribution < 1.29 is 13.2 Å². The zero-order valence-electron chi connectivity index (χ0n) is 18.3. The summed E-state index contributed by atoms with van der Waals surface area (Å²) < 4.78 is 42.1. The Morgan fingerprint density at radius 1 is 1.03 bits per heavy atom. The van der Waals surface area contributed by atoms with Crippen molar-refractivity contribution in [3.63, 3.8) is 0 Å². The van der Waals surface area contributed by atoms with Crippen LogP contribution in [0.3, 0.4) is 0 Å². The quantitative estimate of drug-likeness (QED) is 0.316. The Kier molecular flexibility index (Phi) is 4.72. The normalized spacial score (nSPS) is 15.0. The van der Waals surface area contributed by atoms with E-state index in [4.69, 9.17) is 16.6 Å². The number of nitrogens with zero attached hydrogens (tertiary/aromatic N) is 7. The number of anilines is 2. The minimum Gasteiger partial charge on any atom is -0.312 e. The third kappa shape index (κ3) is 3.47. The first-order valence-corrected chi connectivity index (χ1v) is 11.2. The Labute approximate surface area is 202 Å². The van der Waals surface area contributed by atoms with Crippen LogP contribution in [-0.2, 0) is 5.41 Å². The second kappa shape index (κ2) is 7.61. The molecule has 0 bridgehead atoms. The summed E-state index contributed by atoms with van der Waals surface area (Å²) in [4.78, 5) is 15.4. The van der Waals surface area contributed by atoms with Crippen LogP contribution in [0, 0.1) is 0 Å². The summed E-state index contributed by atoms with van der Waals surface area (Å²) >= 11 is 6.22. The van der Waals surface area contributed by atoms with Gasteiger partial charge in [0.15, 0.2) is 5.82 Å². The van der Waals surface area contributed by atoms with Crippen LogP contribution in [0.1, 0.15) is 18.4 Å². The highest BCUT2D eigenvalue weighted by molar-refractivity contribution is 6.31. The second-order valence-electron chi connectivity index (χ2n) is 8.58. The highest BCUT2D eigenvalue weighted by Crippen LogP contribution is 2.58. The van der Waals surface area contributed by atoms with Crippen LogP contribution >= 0.6 is 11.6 Å². The topological polar surface area (TPSA) is 72.1 Å². The number of halogens is 4. The fourth-order valence-corrected chi connectivity index (χ4v) is 4.53. The predicted octanol–water partition coefficient (Wildman–Crippen LogP) is 5.75. The molecule has 11 heteroatoms. The molecule has 0 saturated heterocycles. The van der Waals surface area contributed by atoms with Gasteiger partial charge in [-0.05, 0) is 36.6 Å². The van der Waals surface area contributed by atoms with Gasteiger partial charge in [-0.2, -0.15) is 18.2 Å². The molecular formula is C24H17ClF3N7. The molecule has 3 heterocycles. The van der Waals surface area contributed by atoms with Crippen molar-refractivity contribution in [3.05, 3.63) is 71.8 Å². The van der Waals surface area contributed by atoms with Crippen molar-refractivity contribution in [2.45, 2.75) is 24.4 Å². The highest BCUT2D eigenvalue weighted by Gasteiger charge is 2.64. The second-order valence-corrected chi connectivity index (χ2v) is 9.01. The first-order valence-electron chi connectivity index (χ1n) is 10.8. The number of hydrogen-bond acceptors (Lipinski definition) is 6. The van der Waals surface area contributed by atoms with Gasteiger partial charge in [0, 0.05) is 23.0 Å². The molecule has 1 saturated carbocycles. The van der Waals surface area contributed by atoms with Crippen LogP contribution in [0.4, 0.5) is 24.8 Å². The van der Waals surface area contributed by atoms with E-state index in [-0.39, 0.29) is 18.4 Å². The number of benzene rings is 2. The fraction of sp³-hybridized carbons (Fsp3) is 0.208. The summed E-state index contributed by atoms with van der Waals surface area (Å²) in [6.07, 6.45) is 0.743. The molecule has 0 N–H and O–H groups in total. The molecule has 1 fully saturated rings. The SMILES string of the molecule is CN(c1cncc(-c2ccc(C3(C(F)(F)F)CC3)cc2)n1)c1nc2nncn2c2cc(Cl)ccc12. The van der Waals surface area contributed by atoms with Crippen LogP contribution in [0.25, 0.3) is 27.9 Å². The molecule has 6 rings (SSSR count). The molecule has 0 spiro atoms. The van der Waals surface area contributed by atoms with Gasteiger partial charge >= 0.3 is 6.18 Å². The van der Waals surface area contributed by atoms with Crippen molar-refractivity contribution in [2.24, 2.45) is 0 Å². The maximum Gasteiger partial charge on any atom is 0.398 e. The van der Waals surface area contributed by atoms with Crippen LogP contribution in [0.2, 0.25) is 5.02 Å². The van der Waals surface area contributed by atoms with Gasteiger partial charge in [-0.25, -0.2) is 4.98 Å². The Morgan fingerprint density at radius 3 is 2.51 bits per heavy atom. The minimum absolute atomic E-state index is 0.124. The van der Waals surface area contributed by atoms with Gasteiger partial charge in [0.05, 0.1) is 29.0 Å². The Morgan fingerprint density at radius 2 is 1.80 bits per heavy atom. The van der Waals surface area contributed by atoms with Gasteiger partial charge in [-0.15, -0.1) is 10.2 Å². The van der Waals surface area contributed by atoms with Gasteiger partial charge in [0.2, 0.25) is 0 Å². The van der Waals surface area contributed by atoms with Crippen molar-refractivity contribution in [1.29, 1.82) is 0 Å². The van der Waals surface area contributed by atoms with Crippen molar-refractivity contribution >= 4 is 39.9 Å². The van der Waals surface area contributed by atoms with E-state index in [9.17, 15) is 13.2 Å². The summed E-state index contributed by atoms with van der Waals surface area (Å²) in [5, 5.41) is 9.38. The van der Waals surface area contributed by atoms with Gasteiger partial charge in [0.1, 0.15) is 12.1 Å². The molecule has 0 amide bonds.